The second kappa shape index (κ2) is 7.66. The van der Waals surface area contributed by atoms with E-state index in [4.69, 9.17) is 9.47 Å². The highest BCUT2D eigenvalue weighted by atomic mass is 16.5. The van der Waals surface area contributed by atoms with E-state index >= 15 is 0 Å². The summed E-state index contributed by atoms with van der Waals surface area (Å²) in [5.41, 5.74) is 2.67. The lowest BCUT2D eigenvalue weighted by Crippen LogP contribution is -2.25. The lowest BCUT2D eigenvalue weighted by Gasteiger charge is -2.12. The number of pyridine rings is 1. The molecule has 0 unspecified atom stereocenters. The maximum Gasteiger partial charge on any atom is 0.224 e. The molecule has 0 fully saturated rings. The number of hydrogen-bond acceptors (Lipinski definition) is 4. The monoisotopic (exact) mass is 336 g/mol. The average molecular weight is 336 g/mol. The number of para-hydroxylation sites is 1. The highest BCUT2D eigenvalue weighted by Crippen LogP contribution is 2.24. The van der Waals surface area contributed by atoms with Gasteiger partial charge in [-0.25, -0.2) is 0 Å². The van der Waals surface area contributed by atoms with Crippen LogP contribution < -0.4 is 14.8 Å². The minimum absolute atomic E-state index is 0.0592. The fraction of sp³-hybridized carbons (Fsp3) is 0.200. The molecule has 5 nitrogen and oxygen atoms in total. The summed E-state index contributed by atoms with van der Waals surface area (Å²) in [6, 6.07) is 15.3. The molecule has 0 saturated heterocycles. The van der Waals surface area contributed by atoms with Crippen molar-refractivity contribution in [3.8, 4) is 11.5 Å². The number of amides is 1. The number of aromatic nitrogens is 1. The maximum atomic E-state index is 12.3. The van der Waals surface area contributed by atoms with Crippen LogP contribution in [0.5, 0.6) is 11.5 Å². The summed E-state index contributed by atoms with van der Waals surface area (Å²) in [5.74, 6) is 1.34. The predicted molar refractivity (Wildman–Crippen MR) is 96.8 cm³/mol. The second-order valence-electron chi connectivity index (χ2n) is 5.62. The number of fused-ring (bicyclic) bond motifs is 1. The number of carbonyl (C=O) groups excluding carboxylic acids is 1. The molecule has 3 rings (SSSR count). The van der Waals surface area contributed by atoms with Gasteiger partial charge >= 0.3 is 0 Å². The molecule has 0 bridgehead atoms. The van der Waals surface area contributed by atoms with Gasteiger partial charge < -0.3 is 14.8 Å². The molecule has 128 valence electrons. The predicted octanol–water partition coefficient (Wildman–Crippen LogP) is 3.11. The quantitative estimate of drug-likeness (QED) is 0.751. The van der Waals surface area contributed by atoms with Gasteiger partial charge in [-0.1, -0.05) is 24.3 Å². The van der Waals surface area contributed by atoms with Gasteiger partial charge in [-0.2, -0.15) is 0 Å². The zero-order chi connectivity index (χ0) is 17.6. The zero-order valence-electron chi connectivity index (χ0n) is 14.3. The molecule has 0 aliphatic rings. The van der Waals surface area contributed by atoms with Crippen molar-refractivity contribution in [2.75, 3.05) is 14.2 Å². The normalized spacial score (nSPS) is 10.5. The molecule has 25 heavy (non-hydrogen) atoms. The third kappa shape index (κ3) is 3.88. The molecule has 2 aromatic carbocycles. The van der Waals surface area contributed by atoms with Crippen LogP contribution >= 0.6 is 0 Å². The molecule has 1 aromatic heterocycles. The van der Waals surface area contributed by atoms with Crippen LogP contribution in [0.3, 0.4) is 0 Å². The van der Waals surface area contributed by atoms with Crippen LogP contribution in [0.25, 0.3) is 10.9 Å². The lowest BCUT2D eigenvalue weighted by atomic mass is 10.1. The third-order valence-corrected chi connectivity index (χ3v) is 4.04. The van der Waals surface area contributed by atoms with Crippen LogP contribution in [-0.2, 0) is 17.8 Å². The first-order chi connectivity index (χ1) is 12.2. The van der Waals surface area contributed by atoms with Gasteiger partial charge in [-0.15, -0.1) is 0 Å². The average Bonchev–Trinajstić information content (AvgIpc) is 2.66. The van der Waals surface area contributed by atoms with Crippen LogP contribution in [0, 0.1) is 0 Å². The summed E-state index contributed by atoms with van der Waals surface area (Å²) < 4.78 is 10.5. The van der Waals surface area contributed by atoms with Crippen molar-refractivity contribution >= 4 is 16.8 Å². The Morgan fingerprint density at radius 1 is 1.04 bits per heavy atom. The van der Waals surface area contributed by atoms with Crippen molar-refractivity contribution < 1.29 is 14.3 Å². The Balaban J connectivity index is 1.69. The molecular weight excluding hydrogens is 316 g/mol. The number of ether oxygens (including phenoxy) is 2. The first-order valence-electron chi connectivity index (χ1n) is 8.01. The van der Waals surface area contributed by atoms with Crippen molar-refractivity contribution in [3.05, 3.63) is 65.9 Å². The second-order valence-corrected chi connectivity index (χ2v) is 5.62. The maximum absolute atomic E-state index is 12.3. The molecule has 1 heterocycles. The minimum Gasteiger partial charge on any atom is -0.497 e. The summed E-state index contributed by atoms with van der Waals surface area (Å²) in [5, 5.41) is 3.97. The van der Waals surface area contributed by atoms with Crippen LogP contribution in [0.2, 0.25) is 0 Å². The molecule has 5 heteroatoms. The molecule has 0 aliphatic carbocycles. The van der Waals surface area contributed by atoms with E-state index in [9.17, 15) is 4.79 Å². The number of nitrogens with one attached hydrogen (secondary N) is 1. The first kappa shape index (κ1) is 16.8. The van der Waals surface area contributed by atoms with Gasteiger partial charge in [-0.05, 0) is 23.8 Å². The van der Waals surface area contributed by atoms with E-state index in [1.165, 1.54) is 0 Å². The SMILES string of the molecule is COc1ccc(CNC(=O)Cc2cccc3cccnc23)c(OC)c1. The molecule has 0 aliphatic heterocycles. The van der Waals surface area contributed by atoms with E-state index in [2.05, 4.69) is 10.3 Å². The van der Waals surface area contributed by atoms with Crippen molar-refractivity contribution in [1.82, 2.24) is 10.3 Å². The zero-order valence-corrected chi connectivity index (χ0v) is 14.3. The Kier molecular flexibility index (Phi) is 5.14. The van der Waals surface area contributed by atoms with Crippen LogP contribution in [0.1, 0.15) is 11.1 Å². The number of rotatable bonds is 6. The van der Waals surface area contributed by atoms with Gasteiger partial charge in [-0.3, -0.25) is 9.78 Å². The van der Waals surface area contributed by atoms with Crippen molar-refractivity contribution in [1.29, 1.82) is 0 Å². The number of carbonyl (C=O) groups is 1. The number of benzene rings is 2. The van der Waals surface area contributed by atoms with E-state index in [1.54, 1.807) is 26.5 Å². The smallest absolute Gasteiger partial charge is 0.224 e. The van der Waals surface area contributed by atoms with Crippen LogP contribution in [0.4, 0.5) is 0 Å². The van der Waals surface area contributed by atoms with Gasteiger partial charge in [0.25, 0.3) is 0 Å². The standard InChI is InChI=1S/C20H20N2O3/c1-24-17-9-8-16(18(12-17)25-2)13-22-19(23)11-15-6-3-5-14-7-4-10-21-20(14)15/h3-10,12H,11,13H2,1-2H3,(H,22,23). The first-order valence-corrected chi connectivity index (χ1v) is 8.01. The van der Waals surface area contributed by atoms with Gasteiger partial charge in [0.05, 0.1) is 26.2 Å². The number of nitrogens with zero attached hydrogens (tertiary/aromatic N) is 1. The Morgan fingerprint density at radius 2 is 1.88 bits per heavy atom. The lowest BCUT2D eigenvalue weighted by molar-refractivity contribution is -0.120. The van der Waals surface area contributed by atoms with Gasteiger partial charge in [0, 0.05) is 29.8 Å². The molecule has 0 radical (unpaired) electrons. The Labute approximate surface area is 146 Å². The van der Waals surface area contributed by atoms with Gasteiger partial charge in [0.15, 0.2) is 0 Å². The molecule has 3 aromatic rings. The van der Waals surface area contributed by atoms with E-state index in [0.29, 0.717) is 18.0 Å². The Bertz CT molecular complexity index is 888. The Morgan fingerprint density at radius 3 is 2.68 bits per heavy atom. The topological polar surface area (TPSA) is 60.5 Å². The molecular formula is C20H20N2O3. The molecule has 0 spiro atoms. The van der Waals surface area contributed by atoms with E-state index < -0.39 is 0 Å². The highest BCUT2D eigenvalue weighted by Gasteiger charge is 2.10. The summed E-state index contributed by atoms with van der Waals surface area (Å²) in [6.07, 6.45) is 2.03. The van der Waals surface area contributed by atoms with Crippen LogP contribution in [-0.4, -0.2) is 25.1 Å². The summed E-state index contributed by atoms with van der Waals surface area (Å²) in [4.78, 5) is 16.7. The van der Waals surface area contributed by atoms with Crippen molar-refractivity contribution in [3.63, 3.8) is 0 Å². The Hall–Kier alpha value is -3.08. The summed E-state index contributed by atoms with van der Waals surface area (Å²) in [6.45, 7) is 0.393. The molecule has 0 atom stereocenters. The summed E-state index contributed by atoms with van der Waals surface area (Å²) >= 11 is 0. The third-order valence-electron chi connectivity index (χ3n) is 4.04. The van der Waals surface area contributed by atoms with E-state index in [1.807, 2.05) is 42.5 Å². The van der Waals surface area contributed by atoms with Crippen molar-refractivity contribution in [2.24, 2.45) is 0 Å². The van der Waals surface area contributed by atoms with E-state index in [0.717, 1.165) is 22.0 Å². The molecule has 0 saturated carbocycles. The largest absolute Gasteiger partial charge is 0.497 e. The fourth-order valence-electron chi connectivity index (χ4n) is 2.74. The summed E-state index contributed by atoms with van der Waals surface area (Å²) in [7, 11) is 3.20. The minimum atomic E-state index is -0.0592. The van der Waals surface area contributed by atoms with E-state index in [-0.39, 0.29) is 12.3 Å². The molecule has 1 amide bonds. The molecule has 1 N–H and O–H groups in total. The highest BCUT2D eigenvalue weighted by molar-refractivity contribution is 5.87. The van der Waals surface area contributed by atoms with Gasteiger partial charge in [0.2, 0.25) is 5.91 Å². The van der Waals surface area contributed by atoms with Crippen LogP contribution in [0.15, 0.2) is 54.7 Å². The number of methoxy groups -OCH3 is 2. The number of hydrogen-bond donors (Lipinski definition) is 1. The van der Waals surface area contributed by atoms with Crippen molar-refractivity contribution in [2.45, 2.75) is 13.0 Å². The fourth-order valence-corrected chi connectivity index (χ4v) is 2.74. The van der Waals surface area contributed by atoms with Gasteiger partial charge in [0.1, 0.15) is 11.5 Å².